The van der Waals surface area contributed by atoms with Gasteiger partial charge in [0, 0.05) is 19.5 Å². The maximum absolute atomic E-state index is 11.3. The van der Waals surface area contributed by atoms with Crippen LogP contribution in [-0.4, -0.2) is 41.7 Å². The number of β-amino-alcohol motifs (C(OH)–C–C–N with tert-alkyl or cyclic N) is 1. The quantitative estimate of drug-likeness (QED) is 0.592. The summed E-state index contributed by atoms with van der Waals surface area (Å²) in [6.45, 7) is 1.76. The standard InChI is InChI=1S/C8H16N2O2/c9-4-1-2-8(12)10-5-3-7(11)6-10/h7,11H,1-6,9H2. The number of nitrogens with zero attached hydrogens (tertiary/aromatic N) is 1. The fourth-order valence-electron chi connectivity index (χ4n) is 1.38. The second-order valence-electron chi connectivity index (χ2n) is 3.17. The van der Waals surface area contributed by atoms with Gasteiger partial charge in [-0.3, -0.25) is 4.79 Å². The van der Waals surface area contributed by atoms with Gasteiger partial charge in [-0.05, 0) is 19.4 Å². The van der Waals surface area contributed by atoms with Crippen LogP contribution in [0.5, 0.6) is 0 Å². The topological polar surface area (TPSA) is 66.6 Å². The van der Waals surface area contributed by atoms with Crippen molar-refractivity contribution in [2.24, 2.45) is 5.73 Å². The van der Waals surface area contributed by atoms with E-state index in [9.17, 15) is 4.79 Å². The highest BCUT2D eigenvalue weighted by Gasteiger charge is 2.23. The van der Waals surface area contributed by atoms with Crippen molar-refractivity contribution in [2.45, 2.75) is 25.4 Å². The predicted octanol–water partition coefficient (Wildman–Crippen LogP) is -0.681. The summed E-state index contributed by atoms with van der Waals surface area (Å²) in [6.07, 6.45) is 1.66. The first-order valence-corrected chi connectivity index (χ1v) is 4.40. The molecule has 1 heterocycles. The molecule has 0 aliphatic carbocycles. The Morgan fingerprint density at radius 2 is 2.42 bits per heavy atom. The molecule has 3 N–H and O–H groups in total. The Balaban J connectivity index is 2.23. The molecule has 0 spiro atoms. The van der Waals surface area contributed by atoms with Crippen LogP contribution in [0.1, 0.15) is 19.3 Å². The Morgan fingerprint density at radius 3 is 2.92 bits per heavy atom. The molecule has 1 saturated heterocycles. The highest BCUT2D eigenvalue weighted by atomic mass is 16.3. The van der Waals surface area contributed by atoms with E-state index in [1.54, 1.807) is 4.90 Å². The van der Waals surface area contributed by atoms with Gasteiger partial charge < -0.3 is 15.7 Å². The lowest BCUT2D eigenvalue weighted by Gasteiger charge is -2.14. The molecule has 1 unspecified atom stereocenters. The molecule has 1 aliphatic rings. The van der Waals surface area contributed by atoms with E-state index in [1.165, 1.54) is 0 Å². The van der Waals surface area contributed by atoms with E-state index < -0.39 is 0 Å². The third-order valence-electron chi connectivity index (χ3n) is 2.11. The molecule has 1 aliphatic heterocycles. The number of hydrogen-bond donors (Lipinski definition) is 2. The molecule has 0 saturated carbocycles. The number of likely N-dealkylation sites (tertiary alicyclic amines) is 1. The van der Waals surface area contributed by atoms with Crippen LogP contribution in [0.25, 0.3) is 0 Å². The Kier molecular flexibility index (Phi) is 3.49. The van der Waals surface area contributed by atoms with Crippen LogP contribution in [0.15, 0.2) is 0 Å². The SMILES string of the molecule is NCCCC(=O)N1CCC(O)C1. The zero-order valence-corrected chi connectivity index (χ0v) is 7.20. The minimum absolute atomic E-state index is 0.122. The zero-order chi connectivity index (χ0) is 8.97. The number of carbonyl (C=O) groups excluding carboxylic acids is 1. The van der Waals surface area contributed by atoms with Crippen molar-refractivity contribution < 1.29 is 9.90 Å². The summed E-state index contributed by atoms with van der Waals surface area (Å²) in [6, 6.07) is 0. The highest BCUT2D eigenvalue weighted by molar-refractivity contribution is 5.76. The van der Waals surface area contributed by atoms with Gasteiger partial charge in [0.2, 0.25) is 5.91 Å². The fourth-order valence-corrected chi connectivity index (χ4v) is 1.38. The molecule has 1 amide bonds. The van der Waals surface area contributed by atoms with Gasteiger partial charge in [0.05, 0.1) is 6.10 Å². The summed E-state index contributed by atoms with van der Waals surface area (Å²) in [5.74, 6) is 0.122. The van der Waals surface area contributed by atoms with Crippen LogP contribution in [0.3, 0.4) is 0 Å². The molecule has 0 aromatic heterocycles. The lowest BCUT2D eigenvalue weighted by molar-refractivity contribution is -0.130. The second-order valence-corrected chi connectivity index (χ2v) is 3.17. The number of aliphatic hydroxyl groups excluding tert-OH is 1. The van der Waals surface area contributed by atoms with Gasteiger partial charge in [-0.1, -0.05) is 0 Å². The molecule has 0 aromatic rings. The molecule has 12 heavy (non-hydrogen) atoms. The molecular formula is C8H16N2O2. The van der Waals surface area contributed by atoms with Gasteiger partial charge in [-0.25, -0.2) is 0 Å². The van der Waals surface area contributed by atoms with E-state index in [1.807, 2.05) is 0 Å². The Morgan fingerprint density at radius 1 is 1.67 bits per heavy atom. The van der Waals surface area contributed by atoms with Gasteiger partial charge in [0.1, 0.15) is 0 Å². The molecule has 0 aromatic carbocycles. The van der Waals surface area contributed by atoms with Gasteiger partial charge in [-0.15, -0.1) is 0 Å². The molecular weight excluding hydrogens is 156 g/mol. The van der Waals surface area contributed by atoms with E-state index in [-0.39, 0.29) is 12.0 Å². The van der Waals surface area contributed by atoms with Crippen LogP contribution < -0.4 is 5.73 Å². The first-order valence-electron chi connectivity index (χ1n) is 4.40. The van der Waals surface area contributed by atoms with Crippen molar-refractivity contribution in [3.63, 3.8) is 0 Å². The van der Waals surface area contributed by atoms with E-state index >= 15 is 0 Å². The van der Waals surface area contributed by atoms with Crippen molar-refractivity contribution in [3.8, 4) is 0 Å². The maximum Gasteiger partial charge on any atom is 0.222 e. The smallest absolute Gasteiger partial charge is 0.222 e. The maximum atomic E-state index is 11.3. The molecule has 1 atom stereocenters. The lowest BCUT2D eigenvalue weighted by Crippen LogP contribution is -2.29. The second kappa shape index (κ2) is 4.42. The predicted molar refractivity (Wildman–Crippen MR) is 45.5 cm³/mol. The van der Waals surface area contributed by atoms with Gasteiger partial charge in [0.25, 0.3) is 0 Å². The van der Waals surface area contributed by atoms with Crippen molar-refractivity contribution >= 4 is 5.91 Å². The first-order chi connectivity index (χ1) is 5.74. The Hall–Kier alpha value is -0.610. The Bertz CT molecular complexity index is 161. The number of rotatable bonds is 3. The molecule has 1 rings (SSSR count). The number of carbonyl (C=O) groups is 1. The molecule has 4 nitrogen and oxygen atoms in total. The number of amides is 1. The summed E-state index contributed by atoms with van der Waals surface area (Å²) in [5, 5.41) is 9.16. The van der Waals surface area contributed by atoms with Crippen molar-refractivity contribution in [1.29, 1.82) is 0 Å². The third kappa shape index (κ3) is 2.46. The van der Waals surface area contributed by atoms with Crippen LogP contribution >= 0.6 is 0 Å². The number of hydrogen-bond acceptors (Lipinski definition) is 3. The van der Waals surface area contributed by atoms with Crippen molar-refractivity contribution in [1.82, 2.24) is 4.90 Å². The molecule has 70 valence electrons. The van der Waals surface area contributed by atoms with Crippen LogP contribution in [-0.2, 0) is 4.79 Å². The van der Waals surface area contributed by atoms with Crippen LogP contribution in [0.2, 0.25) is 0 Å². The zero-order valence-electron chi connectivity index (χ0n) is 7.20. The first kappa shape index (κ1) is 9.48. The summed E-state index contributed by atoms with van der Waals surface area (Å²) < 4.78 is 0. The summed E-state index contributed by atoms with van der Waals surface area (Å²) in [5.41, 5.74) is 5.28. The summed E-state index contributed by atoms with van der Waals surface area (Å²) in [7, 11) is 0. The molecule has 4 heteroatoms. The Labute approximate surface area is 72.3 Å². The van der Waals surface area contributed by atoms with Crippen LogP contribution in [0, 0.1) is 0 Å². The fraction of sp³-hybridized carbons (Fsp3) is 0.875. The number of nitrogens with two attached hydrogens (primary N) is 1. The van der Waals surface area contributed by atoms with E-state index in [0.717, 1.165) is 6.42 Å². The van der Waals surface area contributed by atoms with Crippen molar-refractivity contribution in [2.75, 3.05) is 19.6 Å². The van der Waals surface area contributed by atoms with Gasteiger partial charge in [0.15, 0.2) is 0 Å². The number of aliphatic hydroxyl groups is 1. The minimum Gasteiger partial charge on any atom is -0.391 e. The highest BCUT2D eigenvalue weighted by Crippen LogP contribution is 2.10. The van der Waals surface area contributed by atoms with Gasteiger partial charge in [-0.2, -0.15) is 0 Å². The summed E-state index contributed by atoms with van der Waals surface area (Å²) >= 11 is 0. The molecule has 0 radical (unpaired) electrons. The van der Waals surface area contributed by atoms with Crippen molar-refractivity contribution in [3.05, 3.63) is 0 Å². The largest absolute Gasteiger partial charge is 0.391 e. The third-order valence-corrected chi connectivity index (χ3v) is 2.11. The van der Waals surface area contributed by atoms with E-state index in [4.69, 9.17) is 10.8 Å². The lowest BCUT2D eigenvalue weighted by atomic mass is 10.3. The van der Waals surface area contributed by atoms with E-state index in [2.05, 4.69) is 0 Å². The minimum atomic E-state index is -0.313. The average molecular weight is 172 g/mol. The molecule has 1 fully saturated rings. The normalized spacial score (nSPS) is 23.2. The van der Waals surface area contributed by atoms with Crippen LogP contribution in [0.4, 0.5) is 0 Å². The average Bonchev–Trinajstić information content (AvgIpc) is 2.47. The van der Waals surface area contributed by atoms with Gasteiger partial charge >= 0.3 is 0 Å². The van der Waals surface area contributed by atoms with E-state index in [0.29, 0.717) is 32.5 Å². The monoisotopic (exact) mass is 172 g/mol. The molecule has 0 bridgehead atoms. The summed E-state index contributed by atoms with van der Waals surface area (Å²) in [4.78, 5) is 13.0.